The highest BCUT2D eigenvalue weighted by Crippen LogP contribution is 2.20. The van der Waals surface area contributed by atoms with E-state index >= 15 is 0 Å². The molecule has 0 aliphatic carbocycles. The van der Waals surface area contributed by atoms with Gasteiger partial charge in [0.05, 0.1) is 24.7 Å². The summed E-state index contributed by atoms with van der Waals surface area (Å²) in [6.45, 7) is 0.513. The molecule has 2 aromatic heterocycles. The highest BCUT2D eigenvalue weighted by atomic mass is 16.5. The second-order valence-electron chi connectivity index (χ2n) is 5.42. The predicted molar refractivity (Wildman–Crippen MR) is 89.7 cm³/mol. The second-order valence-corrected chi connectivity index (χ2v) is 5.42. The molecule has 0 spiro atoms. The molecule has 2 aromatic carbocycles. The van der Waals surface area contributed by atoms with Crippen LogP contribution in [0.15, 0.2) is 58.1 Å². The van der Waals surface area contributed by atoms with Crippen LogP contribution < -0.4 is 15.9 Å². The summed E-state index contributed by atoms with van der Waals surface area (Å²) in [5.41, 5.74) is 1.14. The van der Waals surface area contributed by atoms with Crippen LogP contribution in [-0.4, -0.2) is 26.3 Å². The van der Waals surface area contributed by atoms with Gasteiger partial charge in [-0.15, -0.1) is 5.10 Å². The van der Waals surface area contributed by atoms with Crippen molar-refractivity contribution >= 4 is 16.8 Å². The molecule has 2 heterocycles. The molecule has 0 aliphatic rings. The number of ether oxygens (including phenoxy) is 1. The molecule has 0 bridgehead atoms. The predicted octanol–water partition coefficient (Wildman–Crippen LogP) is 1.39. The van der Waals surface area contributed by atoms with E-state index in [0.717, 1.165) is 16.8 Å². The summed E-state index contributed by atoms with van der Waals surface area (Å²) in [5.74, 6) is 1.18. The van der Waals surface area contributed by atoms with Gasteiger partial charge in [0.25, 0.3) is 0 Å². The van der Waals surface area contributed by atoms with Crippen LogP contribution in [-0.2, 0) is 6.54 Å². The number of nitrogens with one attached hydrogen (secondary N) is 1. The normalized spacial score (nSPS) is 11.2. The molecule has 0 atom stereocenters. The number of hydrogen-bond donors (Lipinski definition) is 1. The molecule has 0 unspecified atom stereocenters. The van der Waals surface area contributed by atoms with E-state index in [-0.39, 0.29) is 0 Å². The summed E-state index contributed by atoms with van der Waals surface area (Å²) in [4.78, 5) is 23.9. The molecule has 0 fully saturated rings. The number of para-hydroxylation sites is 2. The molecule has 7 nitrogen and oxygen atoms in total. The minimum Gasteiger partial charge on any atom is -0.497 e. The van der Waals surface area contributed by atoms with Gasteiger partial charge in [0.15, 0.2) is 0 Å². The number of methoxy groups -OCH3 is 1. The Bertz CT molecular complexity index is 1150. The van der Waals surface area contributed by atoms with Gasteiger partial charge in [-0.2, -0.15) is 0 Å². The first-order chi connectivity index (χ1) is 11.7. The maximum Gasteiger partial charge on any atom is 0.330 e. The van der Waals surface area contributed by atoms with E-state index < -0.39 is 11.1 Å². The van der Waals surface area contributed by atoms with Gasteiger partial charge < -0.3 is 9.30 Å². The van der Waals surface area contributed by atoms with Gasteiger partial charge in [-0.05, 0) is 29.8 Å². The van der Waals surface area contributed by atoms with Crippen LogP contribution in [0.4, 0.5) is 0 Å². The Kier molecular flexibility index (Phi) is 3.19. The smallest absolute Gasteiger partial charge is 0.330 e. The van der Waals surface area contributed by atoms with Gasteiger partial charge in [-0.1, -0.05) is 24.3 Å². The number of benzene rings is 2. The summed E-state index contributed by atoms with van der Waals surface area (Å²) in [6, 6.07) is 15.1. The lowest BCUT2D eigenvalue weighted by molar-refractivity contribution is 0.414. The number of hydrogen-bond acceptors (Lipinski definition) is 4. The topological polar surface area (TPSA) is 81.4 Å². The molecular formula is C17H14N4O3. The Morgan fingerprint density at radius 3 is 2.46 bits per heavy atom. The van der Waals surface area contributed by atoms with Crippen LogP contribution in [0.25, 0.3) is 16.8 Å². The number of imidazole rings is 1. The summed E-state index contributed by atoms with van der Waals surface area (Å²) in [5, 5.41) is 6.34. The summed E-state index contributed by atoms with van der Waals surface area (Å²) in [7, 11) is 1.62. The zero-order chi connectivity index (χ0) is 16.7. The standard InChI is InChI=1S/C17H14N4O3/c1-24-12-8-6-11(7-9-12)10-20-13-4-2-3-5-14(13)21-16(23)15(22)18-19-17(20)21/h2-9H,10H2,1H3,(H,18,22). The molecule has 120 valence electrons. The quantitative estimate of drug-likeness (QED) is 0.578. The van der Waals surface area contributed by atoms with Crippen molar-refractivity contribution in [1.82, 2.24) is 19.2 Å². The van der Waals surface area contributed by atoms with Crippen molar-refractivity contribution < 1.29 is 4.74 Å². The lowest BCUT2D eigenvalue weighted by Gasteiger charge is -2.07. The maximum absolute atomic E-state index is 12.2. The zero-order valence-corrected chi connectivity index (χ0v) is 12.9. The number of aromatic amines is 1. The summed E-state index contributed by atoms with van der Waals surface area (Å²) < 4.78 is 8.41. The van der Waals surface area contributed by atoms with Gasteiger partial charge >= 0.3 is 11.1 Å². The molecule has 0 saturated heterocycles. The van der Waals surface area contributed by atoms with Gasteiger partial charge in [0.2, 0.25) is 5.78 Å². The molecule has 0 saturated carbocycles. The largest absolute Gasteiger partial charge is 0.497 e. The molecular weight excluding hydrogens is 308 g/mol. The average Bonchev–Trinajstić information content (AvgIpc) is 2.93. The Morgan fingerprint density at radius 1 is 1.04 bits per heavy atom. The fraction of sp³-hybridized carbons (Fsp3) is 0.118. The minimum absolute atomic E-state index is 0.400. The third-order valence-electron chi connectivity index (χ3n) is 4.01. The molecule has 0 radical (unpaired) electrons. The van der Waals surface area contributed by atoms with Crippen LogP contribution in [0.1, 0.15) is 5.56 Å². The fourth-order valence-corrected chi connectivity index (χ4v) is 2.85. The lowest BCUT2D eigenvalue weighted by atomic mass is 10.2. The van der Waals surface area contributed by atoms with Gasteiger partial charge in [0.1, 0.15) is 5.75 Å². The molecule has 24 heavy (non-hydrogen) atoms. The summed E-state index contributed by atoms with van der Waals surface area (Å²) >= 11 is 0. The highest BCUT2D eigenvalue weighted by molar-refractivity contribution is 5.80. The van der Waals surface area contributed by atoms with Gasteiger partial charge in [-0.25, -0.2) is 9.50 Å². The average molecular weight is 322 g/mol. The van der Waals surface area contributed by atoms with Crippen molar-refractivity contribution in [3.05, 3.63) is 74.8 Å². The molecule has 1 N–H and O–H groups in total. The van der Waals surface area contributed by atoms with E-state index in [4.69, 9.17) is 4.74 Å². The van der Waals surface area contributed by atoms with Crippen LogP contribution >= 0.6 is 0 Å². The number of fused-ring (bicyclic) bond motifs is 3. The molecule has 7 heteroatoms. The SMILES string of the molecule is COc1ccc(Cn2c3ccccc3n3c(=O)c(=O)[nH]nc23)cc1. The van der Waals surface area contributed by atoms with Crippen molar-refractivity contribution in [3.63, 3.8) is 0 Å². The third-order valence-corrected chi connectivity index (χ3v) is 4.01. The van der Waals surface area contributed by atoms with E-state index in [1.54, 1.807) is 13.2 Å². The van der Waals surface area contributed by atoms with Gasteiger partial charge in [0, 0.05) is 0 Å². The van der Waals surface area contributed by atoms with Crippen LogP contribution in [0.3, 0.4) is 0 Å². The monoisotopic (exact) mass is 322 g/mol. The van der Waals surface area contributed by atoms with Gasteiger partial charge in [-0.3, -0.25) is 9.59 Å². The number of H-pyrrole nitrogens is 1. The number of rotatable bonds is 3. The van der Waals surface area contributed by atoms with Crippen molar-refractivity contribution in [2.24, 2.45) is 0 Å². The molecule has 0 amide bonds. The highest BCUT2D eigenvalue weighted by Gasteiger charge is 2.14. The number of nitrogens with zero attached hydrogens (tertiary/aromatic N) is 3. The van der Waals surface area contributed by atoms with E-state index in [0.29, 0.717) is 17.8 Å². The van der Waals surface area contributed by atoms with E-state index in [1.807, 2.05) is 47.0 Å². The fourth-order valence-electron chi connectivity index (χ4n) is 2.85. The third kappa shape index (κ3) is 2.10. The Hall–Kier alpha value is -3.35. The van der Waals surface area contributed by atoms with Crippen molar-refractivity contribution in [3.8, 4) is 5.75 Å². The first kappa shape index (κ1) is 14.3. The Balaban J connectivity index is 1.97. The first-order valence-corrected chi connectivity index (χ1v) is 7.40. The lowest BCUT2D eigenvalue weighted by Crippen LogP contribution is -2.33. The van der Waals surface area contributed by atoms with Crippen LogP contribution in [0.2, 0.25) is 0 Å². The zero-order valence-electron chi connectivity index (χ0n) is 12.9. The van der Waals surface area contributed by atoms with Crippen molar-refractivity contribution in [2.45, 2.75) is 6.54 Å². The minimum atomic E-state index is -0.736. The van der Waals surface area contributed by atoms with Crippen molar-refractivity contribution in [1.29, 1.82) is 0 Å². The number of aromatic nitrogens is 4. The Labute approximate surface area is 135 Å². The molecule has 0 aliphatic heterocycles. The Morgan fingerprint density at radius 2 is 1.75 bits per heavy atom. The second kappa shape index (κ2) is 5.38. The maximum atomic E-state index is 12.2. The van der Waals surface area contributed by atoms with E-state index in [2.05, 4.69) is 10.2 Å². The molecule has 4 rings (SSSR count). The van der Waals surface area contributed by atoms with E-state index in [9.17, 15) is 9.59 Å². The summed E-state index contributed by atoms with van der Waals surface area (Å²) in [6.07, 6.45) is 0. The van der Waals surface area contributed by atoms with E-state index in [1.165, 1.54) is 4.40 Å². The van der Waals surface area contributed by atoms with Crippen LogP contribution in [0.5, 0.6) is 5.75 Å². The van der Waals surface area contributed by atoms with Crippen LogP contribution in [0, 0.1) is 0 Å². The first-order valence-electron chi connectivity index (χ1n) is 7.40. The molecule has 4 aromatic rings. The van der Waals surface area contributed by atoms with Crippen molar-refractivity contribution in [2.75, 3.05) is 7.11 Å².